The lowest BCUT2D eigenvalue weighted by atomic mass is 10.2. The van der Waals surface area contributed by atoms with Gasteiger partial charge in [-0.3, -0.25) is 4.79 Å². The highest BCUT2D eigenvalue weighted by Crippen LogP contribution is 2.19. The van der Waals surface area contributed by atoms with E-state index in [1.54, 1.807) is 0 Å². The average Bonchev–Trinajstić information content (AvgIpc) is 2.57. The van der Waals surface area contributed by atoms with Gasteiger partial charge >= 0.3 is 5.97 Å². The number of hydrogen-bond donors (Lipinski definition) is 2. The molecule has 0 saturated carbocycles. The third-order valence-corrected chi connectivity index (χ3v) is 2.37. The van der Waals surface area contributed by atoms with Crippen LogP contribution < -0.4 is 0 Å². The number of carbonyl (C=O) groups excluding carboxylic acids is 1. The second-order valence-electron chi connectivity index (χ2n) is 3.49. The Kier molecular flexibility index (Phi) is 3.69. The highest BCUT2D eigenvalue weighted by molar-refractivity contribution is 5.84. The predicted molar refractivity (Wildman–Crippen MR) is 51.8 cm³/mol. The number of carboxylic acids is 1. The molecule has 5 heteroatoms. The predicted octanol–water partition coefficient (Wildman–Crippen LogP) is -0.554. The number of nitrogens with zero attached hydrogens (tertiary/aromatic N) is 1. The maximum atomic E-state index is 11.5. The summed E-state index contributed by atoms with van der Waals surface area (Å²) < 4.78 is 0. The van der Waals surface area contributed by atoms with Gasteiger partial charge in [0.2, 0.25) is 5.91 Å². The van der Waals surface area contributed by atoms with Gasteiger partial charge in [-0.2, -0.15) is 0 Å². The van der Waals surface area contributed by atoms with Crippen LogP contribution in [-0.2, 0) is 9.59 Å². The van der Waals surface area contributed by atoms with Crippen LogP contribution in [0.5, 0.6) is 0 Å². The fraction of sp³-hybridized carbons (Fsp3) is 0.600. The maximum absolute atomic E-state index is 11.5. The summed E-state index contributed by atoms with van der Waals surface area (Å²) in [6.07, 6.45) is 4.78. The van der Waals surface area contributed by atoms with E-state index in [2.05, 4.69) is 5.92 Å². The summed E-state index contributed by atoms with van der Waals surface area (Å²) >= 11 is 0. The number of likely N-dealkylation sites (tertiary alicyclic amines) is 1. The van der Waals surface area contributed by atoms with Crippen LogP contribution in [0, 0.1) is 12.3 Å². The number of β-amino-alcohol motifs (C(OH)–C–C–N with tert-alkyl or cyclic N) is 1. The highest BCUT2D eigenvalue weighted by atomic mass is 16.4. The molecular weight excluding hydrogens is 198 g/mol. The Hall–Kier alpha value is -1.54. The van der Waals surface area contributed by atoms with Gasteiger partial charge < -0.3 is 15.1 Å². The van der Waals surface area contributed by atoms with Crippen molar-refractivity contribution in [2.45, 2.75) is 31.4 Å². The molecule has 0 aromatic heterocycles. The van der Waals surface area contributed by atoms with Crippen LogP contribution in [0.2, 0.25) is 0 Å². The third kappa shape index (κ3) is 2.70. The Morgan fingerprint density at radius 1 is 1.53 bits per heavy atom. The zero-order chi connectivity index (χ0) is 11.4. The fourth-order valence-corrected chi connectivity index (χ4v) is 1.65. The molecule has 1 amide bonds. The van der Waals surface area contributed by atoms with E-state index in [1.807, 2.05) is 0 Å². The minimum absolute atomic E-state index is 0.0837. The van der Waals surface area contributed by atoms with Crippen molar-refractivity contribution in [2.24, 2.45) is 0 Å². The molecule has 0 bridgehead atoms. The van der Waals surface area contributed by atoms with Crippen molar-refractivity contribution in [3.63, 3.8) is 0 Å². The molecule has 0 radical (unpaired) electrons. The van der Waals surface area contributed by atoms with Crippen LogP contribution in [-0.4, -0.2) is 45.7 Å². The van der Waals surface area contributed by atoms with E-state index in [4.69, 9.17) is 11.5 Å². The summed E-state index contributed by atoms with van der Waals surface area (Å²) in [6.45, 7) is 0.0837. The molecule has 15 heavy (non-hydrogen) atoms. The minimum atomic E-state index is -1.08. The maximum Gasteiger partial charge on any atom is 0.326 e. The zero-order valence-electron chi connectivity index (χ0n) is 8.22. The molecule has 1 aliphatic rings. The number of aliphatic carboxylic acids is 1. The summed E-state index contributed by atoms with van der Waals surface area (Å²) in [6, 6.07) is -0.912. The molecule has 2 N–H and O–H groups in total. The molecule has 2 atom stereocenters. The Balaban J connectivity index is 2.63. The smallest absolute Gasteiger partial charge is 0.326 e. The normalized spacial score (nSPS) is 24.9. The Morgan fingerprint density at radius 2 is 2.20 bits per heavy atom. The van der Waals surface area contributed by atoms with Crippen molar-refractivity contribution in [2.75, 3.05) is 6.54 Å². The number of aliphatic hydroxyl groups excluding tert-OH is 1. The monoisotopic (exact) mass is 211 g/mol. The summed E-state index contributed by atoms with van der Waals surface area (Å²) in [5.41, 5.74) is 0. The van der Waals surface area contributed by atoms with E-state index in [9.17, 15) is 14.7 Å². The molecule has 5 nitrogen and oxygen atoms in total. The summed E-state index contributed by atoms with van der Waals surface area (Å²) in [4.78, 5) is 23.5. The number of amides is 1. The molecule has 0 aromatic rings. The number of aliphatic hydroxyl groups is 1. The van der Waals surface area contributed by atoms with E-state index in [0.717, 1.165) is 0 Å². The van der Waals surface area contributed by atoms with E-state index >= 15 is 0 Å². The fourth-order valence-electron chi connectivity index (χ4n) is 1.65. The lowest BCUT2D eigenvalue weighted by molar-refractivity contribution is -0.148. The van der Waals surface area contributed by atoms with Crippen LogP contribution in [0.3, 0.4) is 0 Å². The van der Waals surface area contributed by atoms with Gasteiger partial charge in [0.15, 0.2) is 0 Å². The summed E-state index contributed by atoms with van der Waals surface area (Å²) in [7, 11) is 0. The largest absolute Gasteiger partial charge is 0.480 e. The molecule has 1 heterocycles. The van der Waals surface area contributed by atoms with Gasteiger partial charge in [-0.25, -0.2) is 4.79 Å². The number of carbonyl (C=O) groups is 2. The molecule has 1 rings (SSSR count). The van der Waals surface area contributed by atoms with E-state index in [1.165, 1.54) is 4.90 Å². The first-order chi connectivity index (χ1) is 7.06. The van der Waals surface area contributed by atoms with Crippen molar-refractivity contribution < 1.29 is 19.8 Å². The third-order valence-electron chi connectivity index (χ3n) is 2.37. The first kappa shape index (κ1) is 11.5. The van der Waals surface area contributed by atoms with Crippen molar-refractivity contribution in [1.29, 1.82) is 0 Å². The van der Waals surface area contributed by atoms with Crippen molar-refractivity contribution in [1.82, 2.24) is 4.90 Å². The molecule has 82 valence electrons. The van der Waals surface area contributed by atoms with Gasteiger partial charge in [-0.15, -0.1) is 12.3 Å². The van der Waals surface area contributed by atoms with Crippen molar-refractivity contribution in [3.05, 3.63) is 0 Å². The van der Waals surface area contributed by atoms with Gasteiger partial charge in [0, 0.05) is 25.8 Å². The summed E-state index contributed by atoms with van der Waals surface area (Å²) in [5, 5.41) is 18.1. The Bertz CT molecular complexity index is 307. The average molecular weight is 211 g/mol. The zero-order valence-corrected chi connectivity index (χ0v) is 8.22. The van der Waals surface area contributed by atoms with Crippen LogP contribution in [0.25, 0.3) is 0 Å². The van der Waals surface area contributed by atoms with Gasteiger partial charge in [0.05, 0.1) is 6.10 Å². The van der Waals surface area contributed by atoms with Gasteiger partial charge in [0.1, 0.15) is 6.04 Å². The van der Waals surface area contributed by atoms with Crippen LogP contribution in [0.1, 0.15) is 19.3 Å². The Morgan fingerprint density at radius 3 is 2.73 bits per heavy atom. The van der Waals surface area contributed by atoms with E-state index in [-0.39, 0.29) is 31.7 Å². The Labute approximate surface area is 87.7 Å². The molecule has 1 aliphatic heterocycles. The second-order valence-corrected chi connectivity index (χ2v) is 3.49. The first-order valence-electron chi connectivity index (χ1n) is 4.70. The molecule has 0 aliphatic carbocycles. The van der Waals surface area contributed by atoms with Crippen LogP contribution in [0.4, 0.5) is 0 Å². The minimum Gasteiger partial charge on any atom is -0.480 e. The quantitative estimate of drug-likeness (QED) is 0.614. The van der Waals surface area contributed by atoms with Crippen molar-refractivity contribution >= 4 is 11.9 Å². The summed E-state index contributed by atoms with van der Waals surface area (Å²) in [5.74, 6) is 0.929. The lowest BCUT2D eigenvalue weighted by Gasteiger charge is -2.20. The first-order valence-corrected chi connectivity index (χ1v) is 4.70. The van der Waals surface area contributed by atoms with Gasteiger partial charge in [0.25, 0.3) is 0 Å². The number of terminal acetylenes is 1. The van der Waals surface area contributed by atoms with E-state index in [0.29, 0.717) is 0 Å². The molecule has 0 aromatic carbocycles. The number of hydrogen-bond acceptors (Lipinski definition) is 3. The van der Waals surface area contributed by atoms with Gasteiger partial charge in [-0.1, -0.05) is 0 Å². The number of rotatable bonds is 3. The second kappa shape index (κ2) is 4.80. The topological polar surface area (TPSA) is 77.8 Å². The van der Waals surface area contributed by atoms with E-state index < -0.39 is 18.1 Å². The lowest BCUT2D eigenvalue weighted by Crippen LogP contribution is -2.40. The highest BCUT2D eigenvalue weighted by Gasteiger charge is 2.38. The van der Waals surface area contributed by atoms with Crippen LogP contribution in [0.15, 0.2) is 0 Å². The standard InChI is InChI=1S/C10H13NO4/c1-2-3-4-9(13)11-6-7(12)5-8(11)10(14)15/h1,7-8,12H,3-6H2,(H,14,15)/t7-,8-/m1/s1. The molecule has 1 fully saturated rings. The molecule has 0 unspecified atom stereocenters. The molecule has 1 saturated heterocycles. The number of carboxylic acid groups (broad SMARTS) is 1. The van der Waals surface area contributed by atoms with Crippen LogP contribution >= 0.6 is 0 Å². The SMILES string of the molecule is C#CCCC(=O)N1C[C@H](O)C[C@@H]1C(=O)O. The molecule has 0 spiro atoms. The van der Waals surface area contributed by atoms with Crippen molar-refractivity contribution in [3.8, 4) is 12.3 Å². The molecular formula is C10H13NO4. The van der Waals surface area contributed by atoms with Gasteiger partial charge in [-0.05, 0) is 0 Å².